The van der Waals surface area contributed by atoms with Crippen LogP contribution in [0.1, 0.15) is 12.8 Å². The van der Waals surface area contributed by atoms with Gasteiger partial charge >= 0.3 is 0 Å². The van der Waals surface area contributed by atoms with Crippen molar-refractivity contribution >= 4 is 17.5 Å². The average Bonchev–Trinajstić information content (AvgIpc) is 3.40. The molecule has 7 heteroatoms. The maximum Gasteiger partial charge on any atom is 0.234 e. The quantitative estimate of drug-likeness (QED) is 0.717. The molecule has 1 aliphatic carbocycles. The number of amides is 1. The first kappa shape index (κ1) is 18.5. The molecule has 1 amide bonds. The second kappa shape index (κ2) is 8.85. The zero-order valence-electron chi connectivity index (χ0n) is 14.4. The van der Waals surface area contributed by atoms with E-state index in [1.54, 1.807) is 24.3 Å². The first-order valence-corrected chi connectivity index (χ1v) is 9.27. The highest BCUT2D eigenvalue weighted by Crippen LogP contribution is 2.18. The van der Waals surface area contributed by atoms with Gasteiger partial charge in [0.2, 0.25) is 5.91 Å². The molecule has 1 aromatic carbocycles. The Hall–Kier alpha value is -1.34. The number of hydrogen-bond donors (Lipinski definition) is 2. The minimum atomic E-state index is -0.541. The highest BCUT2D eigenvalue weighted by atomic mass is 35.5. The molecule has 1 heterocycles. The van der Waals surface area contributed by atoms with Gasteiger partial charge in [-0.2, -0.15) is 0 Å². The SMILES string of the molecule is O=C(CN1CCN(CC(O)COc2ccc(Cl)cc2)CC1)NC1CC1. The van der Waals surface area contributed by atoms with Gasteiger partial charge in [-0.15, -0.1) is 0 Å². The van der Waals surface area contributed by atoms with Crippen LogP contribution in [0.2, 0.25) is 5.02 Å². The van der Waals surface area contributed by atoms with E-state index in [0.29, 0.717) is 29.9 Å². The molecule has 1 saturated heterocycles. The maximum atomic E-state index is 11.8. The Bertz CT molecular complexity index is 557. The van der Waals surface area contributed by atoms with Crippen LogP contribution in [-0.4, -0.2) is 78.8 Å². The lowest BCUT2D eigenvalue weighted by Crippen LogP contribution is -2.51. The number of β-amino-alcohol motifs (C(OH)–C–C–N with tert-alkyl or cyclic N) is 1. The monoisotopic (exact) mass is 367 g/mol. The number of carbonyl (C=O) groups is 1. The third-order valence-electron chi connectivity index (χ3n) is 4.50. The number of benzene rings is 1. The number of carbonyl (C=O) groups excluding carboxylic acids is 1. The van der Waals surface area contributed by atoms with Crippen LogP contribution in [0.25, 0.3) is 0 Å². The summed E-state index contributed by atoms with van der Waals surface area (Å²) in [7, 11) is 0. The van der Waals surface area contributed by atoms with Crippen molar-refractivity contribution in [1.29, 1.82) is 0 Å². The second-order valence-corrected chi connectivity index (χ2v) is 7.27. The lowest BCUT2D eigenvalue weighted by Gasteiger charge is -2.35. The van der Waals surface area contributed by atoms with Crippen LogP contribution >= 0.6 is 11.6 Å². The van der Waals surface area contributed by atoms with Gasteiger partial charge in [-0.25, -0.2) is 0 Å². The number of aliphatic hydroxyl groups is 1. The molecule has 1 atom stereocenters. The van der Waals surface area contributed by atoms with E-state index in [1.165, 1.54) is 0 Å². The molecule has 6 nitrogen and oxygen atoms in total. The molecule has 138 valence electrons. The molecule has 2 aliphatic rings. The normalized spacial score (nSPS) is 20.2. The minimum absolute atomic E-state index is 0.132. The van der Waals surface area contributed by atoms with E-state index in [-0.39, 0.29) is 12.5 Å². The molecule has 3 rings (SSSR count). The van der Waals surface area contributed by atoms with Gasteiger partial charge < -0.3 is 15.2 Å². The van der Waals surface area contributed by atoms with Crippen molar-refractivity contribution < 1.29 is 14.6 Å². The van der Waals surface area contributed by atoms with Gasteiger partial charge in [0.15, 0.2) is 0 Å². The molecule has 1 saturated carbocycles. The van der Waals surface area contributed by atoms with Crippen LogP contribution < -0.4 is 10.1 Å². The zero-order chi connectivity index (χ0) is 17.6. The Morgan fingerprint density at radius 1 is 1.20 bits per heavy atom. The number of piperazine rings is 1. The van der Waals surface area contributed by atoms with Crippen molar-refractivity contribution in [2.24, 2.45) is 0 Å². The van der Waals surface area contributed by atoms with Crippen LogP contribution in [0.5, 0.6) is 5.75 Å². The average molecular weight is 368 g/mol. The summed E-state index contributed by atoms with van der Waals surface area (Å²) in [6.45, 7) is 4.73. The molecule has 0 bridgehead atoms. The van der Waals surface area contributed by atoms with E-state index in [0.717, 1.165) is 39.0 Å². The van der Waals surface area contributed by atoms with E-state index in [2.05, 4.69) is 15.1 Å². The maximum absolute atomic E-state index is 11.8. The van der Waals surface area contributed by atoms with Gasteiger partial charge in [-0.05, 0) is 37.1 Å². The van der Waals surface area contributed by atoms with Crippen LogP contribution in [0, 0.1) is 0 Å². The van der Waals surface area contributed by atoms with Crippen molar-refractivity contribution in [3.05, 3.63) is 29.3 Å². The molecule has 0 aromatic heterocycles. The smallest absolute Gasteiger partial charge is 0.234 e. The molecule has 25 heavy (non-hydrogen) atoms. The van der Waals surface area contributed by atoms with Crippen LogP contribution in [0.4, 0.5) is 0 Å². The lowest BCUT2D eigenvalue weighted by atomic mass is 10.2. The molecule has 1 unspecified atom stereocenters. The van der Waals surface area contributed by atoms with Gasteiger partial charge in [0, 0.05) is 43.8 Å². The van der Waals surface area contributed by atoms with Crippen LogP contribution in [-0.2, 0) is 4.79 Å². The molecule has 1 aliphatic heterocycles. The Morgan fingerprint density at radius 2 is 1.84 bits per heavy atom. The summed E-state index contributed by atoms with van der Waals surface area (Å²) >= 11 is 5.83. The number of halogens is 1. The van der Waals surface area contributed by atoms with Gasteiger partial charge in [-0.1, -0.05) is 11.6 Å². The third kappa shape index (κ3) is 6.47. The molecule has 2 fully saturated rings. The largest absolute Gasteiger partial charge is 0.491 e. The summed E-state index contributed by atoms with van der Waals surface area (Å²) in [5.74, 6) is 0.835. The Labute approximate surface area is 153 Å². The summed E-state index contributed by atoms with van der Waals surface area (Å²) in [4.78, 5) is 16.2. The van der Waals surface area contributed by atoms with Crippen molar-refractivity contribution in [2.45, 2.75) is 25.0 Å². The number of rotatable bonds is 8. The van der Waals surface area contributed by atoms with E-state index < -0.39 is 6.10 Å². The van der Waals surface area contributed by atoms with E-state index in [1.807, 2.05) is 0 Å². The highest BCUT2D eigenvalue weighted by Gasteiger charge is 2.25. The summed E-state index contributed by atoms with van der Waals surface area (Å²) < 4.78 is 5.58. The second-order valence-electron chi connectivity index (χ2n) is 6.84. The van der Waals surface area contributed by atoms with Crippen LogP contribution in [0.15, 0.2) is 24.3 Å². The van der Waals surface area contributed by atoms with Crippen molar-refractivity contribution in [3.8, 4) is 5.75 Å². The van der Waals surface area contributed by atoms with Crippen molar-refractivity contribution in [2.75, 3.05) is 45.9 Å². The predicted molar refractivity (Wildman–Crippen MR) is 97.0 cm³/mol. The molecule has 0 spiro atoms. The standard InChI is InChI=1S/C18H26ClN3O3/c19-14-1-5-17(6-2-14)25-13-16(23)11-21-7-9-22(10-8-21)12-18(24)20-15-3-4-15/h1-2,5-6,15-16,23H,3-4,7-13H2,(H,20,24). The van der Waals surface area contributed by atoms with E-state index in [9.17, 15) is 9.90 Å². The van der Waals surface area contributed by atoms with Crippen LogP contribution in [0.3, 0.4) is 0 Å². The van der Waals surface area contributed by atoms with Crippen molar-refractivity contribution in [3.63, 3.8) is 0 Å². The number of hydrogen-bond acceptors (Lipinski definition) is 5. The summed E-state index contributed by atoms with van der Waals surface area (Å²) in [5.41, 5.74) is 0. The first-order chi connectivity index (χ1) is 12.1. The Kier molecular flexibility index (Phi) is 6.53. The van der Waals surface area contributed by atoms with Crippen molar-refractivity contribution in [1.82, 2.24) is 15.1 Å². The summed E-state index contributed by atoms with van der Waals surface area (Å²) in [6.07, 6.45) is 1.70. The Morgan fingerprint density at radius 3 is 2.48 bits per heavy atom. The third-order valence-corrected chi connectivity index (χ3v) is 4.75. The van der Waals surface area contributed by atoms with Gasteiger partial charge in [0.05, 0.1) is 6.54 Å². The predicted octanol–water partition coefficient (Wildman–Crippen LogP) is 0.976. The first-order valence-electron chi connectivity index (χ1n) is 8.89. The zero-order valence-corrected chi connectivity index (χ0v) is 15.1. The fraction of sp³-hybridized carbons (Fsp3) is 0.611. The molecular formula is C18H26ClN3O3. The number of nitrogens with zero attached hydrogens (tertiary/aromatic N) is 2. The fourth-order valence-corrected chi connectivity index (χ4v) is 3.03. The molecule has 0 radical (unpaired) electrons. The molecular weight excluding hydrogens is 342 g/mol. The Balaban J connectivity index is 1.31. The topological polar surface area (TPSA) is 65.0 Å². The van der Waals surface area contributed by atoms with Gasteiger partial charge in [0.25, 0.3) is 0 Å². The molecule has 2 N–H and O–H groups in total. The number of ether oxygens (including phenoxy) is 1. The van der Waals surface area contributed by atoms with E-state index in [4.69, 9.17) is 16.3 Å². The minimum Gasteiger partial charge on any atom is -0.491 e. The van der Waals surface area contributed by atoms with Gasteiger partial charge in [0.1, 0.15) is 18.5 Å². The van der Waals surface area contributed by atoms with E-state index >= 15 is 0 Å². The number of aliphatic hydroxyl groups excluding tert-OH is 1. The summed E-state index contributed by atoms with van der Waals surface area (Å²) in [5, 5.41) is 13.8. The fourth-order valence-electron chi connectivity index (χ4n) is 2.91. The number of nitrogens with one attached hydrogen (secondary N) is 1. The molecule has 1 aromatic rings. The van der Waals surface area contributed by atoms with Gasteiger partial charge in [-0.3, -0.25) is 14.6 Å². The highest BCUT2D eigenvalue weighted by molar-refractivity contribution is 6.30. The lowest BCUT2D eigenvalue weighted by molar-refractivity contribution is -0.122. The summed E-state index contributed by atoms with van der Waals surface area (Å²) in [6, 6.07) is 7.54.